The zero-order valence-corrected chi connectivity index (χ0v) is 31.9. The number of hydrogen-bond donors (Lipinski definition) is 1. The Hall–Kier alpha value is -5.00. The van der Waals surface area contributed by atoms with Crippen LogP contribution in [0.5, 0.6) is 5.75 Å². The molecule has 0 unspecified atom stereocenters. The van der Waals surface area contributed by atoms with Crippen LogP contribution in [-0.2, 0) is 15.6 Å². The lowest BCUT2D eigenvalue weighted by Crippen LogP contribution is -2.28. The minimum atomic E-state index is -0.105. The number of fused-ring (bicyclic) bond motifs is 3. The van der Waals surface area contributed by atoms with E-state index < -0.39 is 0 Å². The summed E-state index contributed by atoms with van der Waals surface area (Å²) in [7, 11) is 0. The lowest BCUT2D eigenvalue weighted by molar-refractivity contribution is -0.438. The number of benzene rings is 3. The quantitative estimate of drug-likeness (QED) is 0.0755. The first-order valence-electron chi connectivity index (χ1n) is 18.5. The number of nitriles is 1. The summed E-state index contributed by atoms with van der Waals surface area (Å²) in [6.07, 6.45) is 15.2. The predicted octanol–water partition coefficient (Wildman–Crippen LogP) is 9.50. The number of thiazole rings is 1. The Balaban J connectivity index is 0.986. The first kappa shape index (κ1) is 36.8. The second kappa shape index (κ2) is 16.1. The van der Waals surface area contributed by atoms with Crippen LogP contribution in [0.2, 0.25) is 0 Å². The molecule has 0 atom stereocenters. The molecule has 8 heteroatoms. The van der Waals surface area contributed by atoms with E-state index in [1.165, 1.54) is 45.2 Å². The van der Waals surface area contributed by atoms with Gasteiger partial charge in [0.2, 0.25) is 11.6 Å². The van der Waals surface area contributed by atoms with Crippen LogP contribution in [0.25, 0.3) is 10.2 Å². The van der Waals surface area contributed by atoms with Crippen LogP contribution in [-0.4, -0.2) is 47.4 Å². The number of unbranched alkanes of at least 4 members (excludes halogenated alkanes) is 2. The van der Waals surface area contributed by atoms with E-state index in [2.05, 4.69) is 139 Å². The monoisotopic (exact) mass is 712 g/mol. The van der Waals surface area contributed by atoms with Gasteiger partial charge in [-0.05, 0) is 75.9 Å². The normalized spacial score (nSPS) is 16.6. The van der Waals surface area contributed by atoms with E-state index in [-0.39, 0.29) is 16.7 Å². The Labute approximate surface area is 312 Å². The highest BCUT2D eigenvalue weighted by Gasteiger charge is 2.43. The summed E-state index contributed by atoms with van der Waals surface area (Å²) in [5.41, 5.74) is 8.61. The zero-order chi connectivity index (χ0) is 36.7. The molecular formula is C44H50N5O2S+. The summed E-state index contributed by atoms with van der Waals surface area (Å²) in [6.45, 7) is 14.4. The fourth-order valence-electron chi connectivity index (χ4n) is 7.57. The molecule has 3 aromatic carbocycles. The highest BCUT2D eigenvalue weighted by Crippen LogP contribution is 2.47. The van der Waals surface area contributed by atoms with E-state index in [1.807, 2.05) is 18.2 Å². The molecule has 1 aromatic heterocycles. The van der Waals surface area contributed by atoms with Crippen molar-refractivity contribution in [1.29, 1.82) is 5.26 Å². The van der Waals surface area contributed by atoms with Gasteiger partial charge in [-0.2, -0.15) is 9.84 Å². The van der Waals surface area contributed by atoms with Crippen molar-refractivity contribution in [2.75, 3.05) is 31.1 Å². The smallest absolute Gasteiger partial charge is 0.219 e. The molecule has 0 fully saturated rings. The van der Waals surface area contributed by atoms with Crippen LogP contribution >= 0.6 is 11.3 Å². The number of ether oxygens (including phenoxy) is 1. The number of rotatable bonds is 15. The molecule has 0 saturated heterocycles. The maximum atomic E-state index is 12.5. The zero-order valence-electron chi connectivity index (χ0n) is 31.1. The molecule has 52 heavy (non-hydrogen) atoms. The number of nitrogens with one attached hydrogen (secondary N) is 1. The maximum absolute atomic E-state index is 12.5. The Morgan fingerprint density at radius 2 is 1.75 bits per heavy atom. The summed E-state index contributed by atoms with van der Waals surface area (Å²) < 4.78 is 9.27. The lowest BCUT2D eigenvalue weighted by atomic mass is 9.81. The number of hydrogen-bond acceptors (Lipinski definition) is 6. The van der Waals surface area contributed by atoms with Crippen LogP contribution in [0.1, 0.15) is 82.9 Å². The summed E-state index contributed by atoms with van der Waals surface area (Å²) in [6, 6.07) is 25.2. The second-order valence-electron chi connectivity index (χ2n) is 14.5. The Kier molecular flexibility index (Phi) is 11.4. The van der Waals surface area contributed by atoms with E-state index in [4.69, 9.17) is 10.00 Å². The topological polar surface area (TPSA) is 81.3 Å². The van der Waals surface area contributed by atoms with Gasteiger partial charge < -0.3 is 15.0 Å². The average Bonchev–Trinajstić information content (AvgIpc) is 3.73. The van der Waals surface area contributed by atoms with Gasteiger partial charge in [0.1, 0.15) is 18.4 Å². The molecule has 0 bridgehead atoms. The summed E-state index contributed by atoms with van der Waals surface area (Å²) in [5, 5.41) is 12.6. The number of nitrogens with zero attached hydrogens (tertiary/aromatic N) is 4. The van der Waals surface area contributed by atoms with Gasteiger partial charge in [-0.3, -0.25) is 4.79 Å². The first-order valence-corrected chi connectivity index (χ1v) is 19.3. The predicted molar refractivity (Wildman–Crippen MR) is 214 cm³/mol. The Morgan fingerprint density at radius 1 is 0.962 bits per heavy atom. The van der Waals surface area contributed by atoms with E-state index in [1.54, 1.807) is 0 Å². The lowest BCUT2D eigenvalue weighted by Gasteiger charge is -2.25. The molecule has 1 amide bonds. The molecule has 0 aliphatic carbocycles. The van der Waals surface area contributed by atoms with Crippen molar-refractivity contribution < 1.29 is 14.1 Å². The number of carbonyl (C=O) groups excluding carboxylic acids is 1. The van der Waals surface area contributed by atoms with Gasteiger partial charge in [-0.25, -0.2) is 4.98 Å². The van der Waals surface area contributed by atoms with Crippen molar-refractivity contribution in [1.82, 2.24) is 10.3 Å². The second-order valence-corrected chi connectivity index (χ2v) is 15.5. The van der Waals surface area contributed by atoms with Crippen molar-refractivity contribution in [2.45, 2.75) is 77.6 Å². The van der Waals surface area contributed by atoms with E-state index in [0.29, 0.717) is 24.6 Å². The number of anilines is 1. The molecule has 0 spiro atoms. The standard InChI is InChI=1S/C44H49N5O2S/c1-6-48-36-20-14-12-18-33(36)43(2,3)39(48)22-9-7-10-23-40-44(4,5)34-19-13-15-21-37(34)49(40)28-16-8-11-24-41(50)46-27-17-29-51-32-25-26-35-38(30-32)52-42(31-45)47-35/h7,9-10,12-15,18-23,25-26,30H,6,8,11,16-17,24,27-29H2,1-5H3/p+1. The molecule has 7 nitrogen and oxygen atoms in total. The summed E-state index contributed by atoms with van der Waals surface area (Å²) >= 11 is 1.36. The van der Waals surface area contributed by atoms with E-state index >= 15 is 0 Å². The molecule has 2 aliphatic heterocycles. The number of aromatic nitrogens is 1. The molecule has 1 N–H and O–H groups in total. The van der Waals surface area contributed by atoms with E-state index in [9.17, 15) is 4.79 Å². The third-order valence-electron chi connectivity index (χ3n) is 10.3. The minimum absolute atomic E-state index is 0.0400. The molecule has 3 heterocycles. The fraction of sp³-hybridized carbons (Fsp3) is 0.364. The minimum Gasteiger partial charge on any atom is -0.493 e. The largest absolute Gasteiger partial charge is 0.493 e. The van der Waals surface area contributed by atoms with E-state index in [0.717, 1.165) is 54.7 Å². The number of amides is 1. The number of likely N-dealkylation sites (N-methyl/N-ethyl adjacent to an activating group) is 1. The number of para-hydroxylation sites is 2. The van der Waals surface area contributed by atoms with Crippen molar-refractivity contribution in [3.05, 3.63) is 119 Å². The highest BCUT2D eigenvalue weighted by molar-refractivity contribution is 7.19. The van der Waals surface area contributed by atoms with Crippen LogP contribution in [0.4, 0.5) is 11.4 Å². The third-order valence-corrected chi connectivity index (χ3v) is 11.2. The fourth-order valence-corrected chi connectivity index (χ4v) is 8.37. The van der Waals surface area contributed by atoms with Crippen molar-refractivity contribution in [3.8, 4) is 11.8 Å². The first-order chi connectivity index (χ1) is 25.1. The third kappa shape index (κ3) is 7.75. The van der Waals surface area contributed by atoms with Gasteiger partial charge in [0, 0.05) is 60.4 Å². The van der Waals surface area contributed by atoms with Crippen molar-refractivity contribution in [3.63, 3.8) is 0 Å². The van der Waals surface area contributed by atoms with Crippen molar-refractivity contribution in [2.24, 2.45) is 0 Å². The number of allylic oxidation sites excluding steroid dienone is 6. The van der Waals surface area contributed by atoms with Gasteiger partial charge in [-0.15, -0.1) is 11.3 Å². The summed E-state index contributed by atoms with van der Waals surface area (Å²) in [4.78, 5) is 19.2. The highest BCUT2D eigenvalue weighted by atomic mass is 32.1. The summed E-state index contributed by atoms with van der Waals surface area (Å²) in [5.74, 6) is 0.839. The SMILES string of the molecule is CCN1C(=CC=CC=CC2=[N+](CCCCCC(=O)NCCCOc3ccc4nc(C#N)sc4c3)c3ccccc3C2(C)C)C(C)(C)c2ccccc21. The molecule has 0 saturated carbocycles. The van der Waals surface area contributed by atoms with Crippen LogP contribution in [0.15, 0.2) is 103 Å². The van der Waals surface area contributed by atoms with Crippen LogP contribution in [0.3, 0.4) is 0 Å². The van der Waals surface area contributed by atoms with Crippen molar-refractivity contribution >= 4 is 44.5 Å². The molecular weight excluding hydrogens is 663 g/mol. The van der Waals surface area contributed by atoms with Crippen LogP contribution < -0.4 is 15.0 Å². The molecule has 4 aromatic rings. The Morgan fingerprint density at radius 3 is 2.56 bits per heavy atom. The van der Waals surface area contributed by atoms with Gasteiger partial charge in [0.25, 0.3) is 0 Å². The maximum Gasteiger partial charge on any atom is 0.219 e. The van der Waals surface area contributed by atoms with Gasteiger partial charge in [-0.1, -0.05) is 68.5 Å². The van der Waals surface area contributed by atoms with Gasteiger partial charge in [0.15, 0.2) is 10.7 Å². The average molecular weight is 713 g/mol. The molecule has 0 radical (unpaired) electrons. The molecule has 2 aliphatic rings. The molecule has 6 rings (SSSR count). The van der Waals surface area contributed by atoms with Gasteiger partial charge in [0.05, 0.1) is 22.2 Å². The number of carbonyl (C=O) groups is 1. The molecule has 268 valence electrons. The van der Waals surface area contributed by atoms with Gasteiger partial charge >= 0.3 is 0 Å². The Bertz CT molecular complexity index is 2090. The van der Waals surface area contributed by atoms with Crippen LogP contribution in [0, 0.1) is 11.3 Å².